The third-order valence-electron chi connectivity index (χ3n) is 3.04. The first-order chi connectivity index (χ1) is 10.4. The highest BCUT2D eigenvalue weighted by Crippen LogP contribution is 2.31. The molecule has 0 fully saturated rings. The van der Waals surface area contributed by atoms with Crippen molar-refractivity contribution in [2.45, 2.75) is 18.7 Å². The minimum Gasteiger partial charge on any atom is -0.467 e. The molecule has 1 unspecified atom stereocenters. The molecule has 2 aromatic rings. The molecule has 0 bridgehead atoms. The second kappa shape index (κ2) is 6.65. The lowest BCUT2D eigenvalue weighted by Crippen LogP contribution is -2.30. The monoisotopic (exact) mass is 313 g/mol. The van der Waals surface area contributed by atoms with Crippen molar-refractivity contribution < 1.29 is 27.5 Å². The molecule has 1 aromatic heterocycles. The maximum absolute atomic E-state index is 12.8. The Balaban J connectivity index is 1.95. The molecule has 22 heavy (non-hydrogen) atoms. The van der Waals surface area contributed by atoms with Gasteiger partial charge < -0.3 is 14.8 Å². The second-order valence-electron chi connectivity index (χ2n) is 4.67. The van der Waals surface area contributed by atoms with Crippen LogP contribution in [0.4, 0.5) is 13.2 Å². The molecular formula is C15H14F3NO3. The summed E-state index contributed by atoms with van der Waals surface area (Å²) >= 11 is 0. The normalized spacial score (nSPS) is 12.9. The van der Waals surface area contributed by atoms with Crippen molar-refractivity contribution in [3.63, 3.8) is 0 Å². The number of halogens is 3. The summed E-state index contributed by atoms with van der Waals surface area (Å²) in [5.74, 6) is -0.335. The molecule has 0 aliphatic rings. The van der Waals surface area contributed by atoms with Gasteiger partial charge in [-0.1, -0.05) is 18.2 Å². The van der Waals surface area contributed by atoms with Gasteiger partial charge in [0.2, 0.25) is 5.91 Å². The van der Waals surface area contributed by atoms with Gasteiger partial charge in [-0.25, -0.2) is 0 Å². The van der Waals surface area contributed by atoms with E-state index < -0.39 is 30.2 Å². The van der Waals surface area contributed by atoms with E-state index in [1.54, 1.807) is 6.07 Å². The predicted octanol–water partition coefficient (Wildman–Crippen LogP) is 2.69. The van der Waals surface area contributed by atoms with Crippen LogP contribution in [0.25, 0.3) is 0 Å². The van der Waals surface area contributed by atoms with Crippen LogP contribution in [-0.4, -0.2) is 17.6 Å². The van der Waals surface area contributed by atoms with Gasteiger partial charge in [-0.2, -0.15) is 13.2 Å². The van der Waals surface area contributed by atoms with Gasteiger partial charge >= 0.3 is 6.18 Å². The molecule has 1 aromatic carbocycles. The maximum atomic E-state index is 12.8. The third-order valence-corrected chi connectivity index (χ3v) is 3.04. The van der Waals surface area contributed by atoms with Crippen LogP contribution in [0.2, 0.25) is 0 Å². The Morgan fingerprint density at radius 2 is 1.95 bits per heavy atom. The summed E-state index contributed by atoms with van der Waals surface area (Å²) in [7, 11) is 0. The number of alkyl halides is 3. The van der Waals surface area contributed by atoms with E-state index in [1.807, 2.05) is 0 Å². The molecule has 1 atom stereocenters. The molecule has 0 aliphatic carbocycles. The summed E-state index contributed by atoms with van der Waals surface area (Å²) in [5, 5.41) is 12.1. The second-order valence-corrected chi connectivity index (χ2v) is 4.67. The lowest BCUT2D eigenvalue weighted by molar-refractivity contribution is -0.138. The fourth-order valence-corrected chi connectivity index (χ4v) is 1.98. The minimum absolute atomic E-state index is 0.111. The minimum atomic E-state index is -4.51. The average molecular weight is 313 g/mol. The molecular weight excluding hydrogens is 299 g/mol. The Hall–Kier alpha value is -2.28. The van der Waals surface area contributed by atoms with E-state index in [-0.39, 0.29) is 17.9 Å². The standard InChI is InChI=1S/C15H14F3NO3/c16-15(17,18)11-5-2-1-4-10(11)8-14(21)19-9-12(20)13-6-3-7-22-13/h1-7,12,20H,8-9H2,(H,19,21). The van der Waals surface area contributed by atoms with E-state index in [0.29, 0.717) is 0 Å². The molecule has 2 rings (SSSR count). The fourth-order valence-electron chi connectivity index (χ4n) is 1.98. The summed E-state index contributed by atoms with van der Waals surface area (Å²) in [6, 6.07) is 8.02. The first kappa shape index (κ1) is 16.1. The van der Waals surface area contributed by atoms with E-state index in [4.69, 9.17) is 4.42 Å². The van der Waals surface area contributed by atoms with Gasteiger partial charge in [0.1, 0.15) is 11.9 Å². The van der Waals surface area contributed by atoms with Crippen molar-refractivity contribution in [2.24, 2.45) is 0 Å². The molecule has 0 saturated carbocycles. The number of nitrogens with one attached hydrogen (secondary N) is 1. The maximum Gasteiger partial charge on any atom is 0.416 e. The fraction of sp³-hybridized carbons (Fsp3) is 0.267. The molecule has 0 aliphatic heterocycles. The molecule has 1 heterocycles. The largest absolute Gasteiger partial charge is 0.467 e. The van der Waals surface area contributed by atoms with Crippen LogP contribution in [0.5, 0.6) is 0 Å². The molecule has 4 nitrogen and oxygen atoms in total. The lowest BCUT2D eigenvalue weighted by atomic mass is 10.0. The van der Waals surface area contributed by atoms with Crippen LogP contribution in [0.3, 0.4) is 0 Å². The van der Waals surface area contributed by atoms with Gasteiger partial charge in [-0.15, -0.1) is 0 Å². The van der Waals surface area contributed by atoms with Crippen molar-refractivity contribution in [3.8, 4) is 0 Å². The molecule has 118 valence electrons. The van der Waals surface area contributed by atoms with Crippen LogP contribution in [-0.2, 0) is 17.4 Å². The van der Waals surface area contributed by atoms with Gasteiger partial charge in [-0.05, 0) is 23.8 Å². The number of aliphatic hydroxyl groups excluding tert-OH is 1. The van der Waals surface area contributed by atoms with E-state index in [1.165, 1.54) is 30.5 Å². The zero-order valence-corrected chi connectivity index (χ0v) is 11.4. The van der Waals surface area contributed by atoms with Crippen LogP contribution in [0.1, 0.15) is 23.0 Å². The number of benzene rings is 1. The quantitative estimate of drug-likeness (QED) is 0.892. The van der Waals surface area contributed by atoms with Crippen LogP contribution < -0.4 is 5.32 Å². The molecule has 0 saturated heterocycles. The first-order valence-electron chi connectivity index (χ1n) is 6.51. The summed E-state index contributed by atoms with van der Waals surface area (Å²) in [5.41, 5.74) is -0.947. The lowest BCUT2D eigenvalue weighted by Gasteiger charge is -2.13. The molecule has 2 N–H and O–H groups in total. The Morgan fingerprint density at radius 3 is 2.59 bits per heavy atom. The van der Waals surface area contributed by atoms with Crippen molar-refractivity contribution in [2.75, 3.05) is 6.54 Å². The zero-order chi connectivity index (χ0) is 16.2. The van der Waals surface area contributed by atoms with E-state index in [9.17, 15) is 23.1 Å². The smallest absolute Gasteiger partial charge is 0.416 e. The highest BCUT2D eigenvalue weighted by Gasteiger charge is 2.33. The van der Waals surface area contributed by atoms with Crippen molar-refractivity contribution in [1.29, 1.82) is 0 Å². The van der Waals surface area contributed by atoms with Crippen LogP contribution in [0.15, 0.2) is 47.1 Å². The van der Waals surface area contributed by atoms with Crippen molar-refractivity contribution in [3.05, 3.63) is 59.5 Å². The van der Waals surface area contributed by atoms with Crippen molar-refractivity contribution in [1.82, 2.24) is 5.32 Å². The van der Waals surface area contributed by atoms with Gasteiger partial charge in [0.05, 0.1) is 24.8 Å². The van der Waals surface area contributed by atoms with Gasteiger partial charge in [-0.3, -0.25) is 4.79 Å². The Kier molecular flexibility index (Phi) is 4.87. The Labute approximate surface area is 124 Å². The first-order valence-corrected chi connectivity index (χ1v) is 6.51. The van der Waals surface area contributed by atoms with Crippen molar-refractivity contribution >= 4 is 5.91 Å². The number of carbonyl (C=O) groups is 1. The Bertz CT molecular complexity index is 623. The number of amides is 1. The summed E-state index contributed by atoms with van der Waals surface area (Å²) in [6.07, 6.45) is -4.60. The number of aliphatic hydroxyl groups is 1. The summed E-state index contributed by atoms with van der Waals surface area (Å²) in [4.78, 5) is 11.7. The molecule has 1 amide bonds. The highest BCUT2D eigenvalue weighted by molar-refractivity contribution is 5.79. The van der Waals surface area contributed by atoms with Crippen LogP contribution >= 0.6 is 0 Å². The topological polar surface area (TPSA) is 62.5 Å². The average Bonchev–Trinajstić information content (AvgIpc) is 2.98. The third kappa shape index (κ3) is 4.11. The number of carbonyl (C=O) groups excluding carboxylic acids is 1. The van der Waals surface area contributed by atoms with Gasteiger partial charge in [0.25, 0.3) is 0 Å². The summed E-state index contributed by atoms with van der Waals surface area (Å²) in [6.45, 7) is -0.138. The van der Waals surface area contributed by atoms with E-state index >= 15 is 0 Å². The van der Waals surface area contributed by atoms with Gasteiger partial charge in [0.15, 0.2) is 0 Å². The Morgan fingerprint density at radius 1 is 1.23 bits per heavy atom. The van der Waals surface area contributed by atoms with E-state index in [2.05, 4.69) is 5.32 Å². The highest BCUT2D eigenvalue weighted by atomic mass is 19.4. The summed E-state index contributed by atoms with van der Waals surface area (Å²) < 4.78 is 43.4. The number of hydrogen-bond donors (Lipinski definition) is 2. The zero-order valence-electron chi connectivity index (χ0n) is 11.4. The number of furan rings is 1. The van der Waals surface area contributed by atoms with Gasteiger partial charge in [0, 0.05) is 0 Å². The molecule has 0 spiro atoms. The molecule has 7 heteroatoms. The number of hydrogen-bond acceptors (Lipinski definition) is 3. The van der Waals surface area contributed by atoms with E-state index in [0.717, 1.165) is 6.07 Å². The SMILES string of the molecule is O=C(Cc1ccccc1C(F)(F)F)NCC(O)c1ccco1. The predicted molar refractivity (Wildman–Crippen MR) is 71.8 cm³/mol. The molecule has 0 radical (unpaired) electrons. The van der Waals surface area contributed by atoms with Crippen LogP contribution in [0, 0.1) is 0 Å². The number of rotatable bonds is 5.